The van der Waals surface area contributed by atoms with E-state index in [0.29, 0.717) is 5.69 Å². The molecule has 0 aliphatic carbocycles. The average Bonchev–Trinajstić information content (AvgIpc) is 2.32. The van der Waals surface area contributed by atoms with Crippen molar-refractivity contribution in [3.8, 4) is 6.07 Å². The Morgan fingerprint density at radius 2 is 2.29 bits per heavy atom. The summed E-state index contributed by atoms with van der Waals surface area (Å²) in [6.45, 7) is 0.270. The minimum Gasteiger partial charge on any atom is -0.398 e. The predicted molar refractivity (Wildman–Crippen MR) is 67.5 cm³/mol. The fraction of sp³-hybridized carbons (Fsp3) is 0.333. The summed E-state index contributed by atoms with van der Waals surface area (Å²) in [5.41, 5.74) is 8.01. The zero-order chi connectivity index (χ0) is 12.8. The number of nitrogens with zero attached hydrogens (tertiary/aromatic N) is 2. The van der Waals surface area contributed by atoms with Crippen LogP contribution in [0.15, 0.2) is 18.2 Å². The van der Waals surface area contributed by atoms with Gasteiger partial charge in [-0.15, -0.1) is 0 Å². The second-order valence-corrected chi connectivity index (χ2v) is 3.75. The molecule has 0 unspecified atom stereocenters. The second kappa shape index (κ2) is 5.75. The smallest absolute Gasteiger partial charge is 0.239 e. The van der Waals surface area contributed by atoms with Crippen molar-refractivity contribution in [2.75, 3.05) is 31.3 Å². The molecule has 0 spiro atoms. The maximum Gasteiger partial charge on any atom is 0.239 e. The third-order valence-corrected chi connectivity index (χ3v) is 2.50. The van der Waals surface area contributed by atoms with Gasteiger partial charge in [0.15, 0.2) is 0 Å². The van der Waals surface area contributed by atoms with Crippen LogP contribution in [0, 0.1) is 11.3 Å². The first-order chi connectivity index (χ1) is 8.08. The van der Waals surface area contributed by atoms with E-state index in [1.54, 1.807) is 18.0 Å². The molecule has 17 heavy (non-hydrogen) atoms. The lowest BCUT2D eigenvalue weighted by molar-refractivity contribution is -0.119. The Morgan fingerprint density at radius 1 is 1.59 bits per heavy atom. The Kier molecular flexibility index (Phi) is 4.35. The molecule has 5 nitrogen and oxygen atoms in total. The molecule has 0 radical (unpaired) electrons. The molecular formula is C12H16N4O. The highest BCUT2D eigenvalue weighted by molar-refractivity contribution is 5.81. The number of nitrogens with one attached hydrogen (secondary N) is 1. The Bertz CT molecular complexity index is 450. The van der Waals surface area contributed by atoms with E-state index in [0.717, 1.165) is 11.3 Å². The van der Waals surface area contributed by atoms with E-state index >= 15 is 0 Å². The Balaban J connectivity index is 2.88. The average molecular weight is 232 g/mol. The molecule has 0 saturated heterocycles. The first kappa shape index (κ1) is 12.8. The summed E-state index contributed by atoms with van der Waals surface area (Å²) >= 11 is 0. The first-order valence-electron chi connectivity index (χ1n) is 5.25. The van der Waals surface area contributed by atoms with E-state index < -0.39 is 0 Å². The van der Waals surface area contributed by atoms with Gasteiger partial charge in [-0.05, 0) is 23.8 Å². The van der Waals surface area contributed by atoms with Crippen LogP contribution in [0.5, 0.6) is 0 Å². The van der Waals surface area contributed by atoms with Crippen LogP contribution in [0.25, 0.3) is 0 Å². The van der Waals surface area contributed by atoms with Gasteiger partial charge in [0.1, 0.15) is 0 Å². The highest BCUT2D eigenvalue weighted by Gasteiger charge is 2.08. The summed E-state index contributed by atoms with van der Waals surface area (Å²) in [6, 6.07) is 7.48. The second-order valence-electron chi connectivity index (χ2n) is 3.75. The third kappa shape index (κ3) is 3.38. The van der Waals surface area contributed by atoms with Crippen molar-refractivity contribution in [2.45, 2.75) is 6.42 Å². The molecule has 0 bridgehead atoms. The van der Waals surface area contributed by atoms with E-state index in [-0.39, 0.29) is 18.9 Å². The molecule has 1 rings (SSSR count). The minimum atomic E-state index is -0.0637. The number of likely N-dealkylation sites (N-methyl/N-ethyl adjacent to an activating group) is 2. The molecule has 5 heteroatoms. The van der Waals surface area contributed by atoms with Gasteiger partial charge >= 0.3 is 0 Å². The van der Waals surface area contributed by atoms with Gasteiger partial charge < -0.3 is 16.0 Å². The fourth-order valence-corrected chi connectivity index (χ4v) is 1.45. The number of nitrogens with two attached hydrogens (primary N) is 1. The zero-order valence-corrected chi connectivity index (χ0v) is 10.0. The molecule has 0 aliphatic heterocycles. The van der Waals surface area contributed by atoms with Crippen molar-refractivity contribution in [1.29, 1.82) is 5.26 Å². The van der Waals surface area contributed by atoms with Gasteiger partial charge in [-0.2, -0.15) is 5.26 Å². The van der Waals surface area contributed by atoms with Crippen LogP contribution < -0.4 is 16.0 Å². The van der Waals surface area contributed by atoms with E-state index in [2.05, 4.69) is 11.4 Å². The van der Waals surface area contributed by atoms with Gasteiger partial charge in [0.2, 0.25) is 5.91 Å². The number of hydrogen-bond donors (Lipinski definition) is 2. The van der Waals surface area contributed by atoms with Crippen LogP contribution in [-0.4, -0.2) is 26.5 Å². The Hall–Kier alpha value is -2.22. The van der Waals surface area contributed by atoms with Crippen molar-refractivity contribution >= 4 is 17.3 Å². The maximum atomic E-state index is 11.2. The minimum absolute atomic E-state index is 0.0637. The molecule has 1 aromatic rings. The SMILES string of the molecule is CNC(=O)CN(C)c1ccc(N)c(CC#N)c1. The molecule has 90 valence electrons. The van der Waals surface area contributed by atoms with Gasteiger partial charge in [0, 0.05) is 25.5 Å². The summed E-state index contributed by atoms with van der Waals surface area (Å²) in [7, 11) is 3.41. The number of nitrogen functional groups attached to an aromatic ring is 1. The van der Waals surface area contributed by atoms with E-state index in [1.807, 2.05) is 19.2 Å². The van der Waals surface area contributed by atoms with Crippen LogP contribution in [0.4, 0.5) is 11.4 Å². The highest BCUT2D eigenvalue weighted by atomic mass is 16.1. The number of carbonyl (C=O) groups excluding carboxylic acids is 1. The number of rotatable bonds is 4. The first-order valence-corrected chi connectivity index (χ1v) is 5.25. The molecular weight excluding hydrogens is 216 g/mol. The van der Waals surface area contributed by atoms with Crippen molar-refractivity contribution in [3.63, 3.8) is 0 Å². The monoisotopic (exact) mass is 232 g/mol. The predicted octanol–water partition coefficient (Wildman–Crippen LogP) is 0.517. The topological polar surface area (TPSA) is 82.2 Å². The van der Waals surface area contributed by atoms with Crippen molar-refractivity contribution in [2.24, 2.45) is 0 Å². The van der Waals surface area contributed by atoms with Crippen molar-refractivity contribution in [1.82, 2.24) is 5.32 Å². The molecule has 0 aliphatic rings. The number of carbonyl (C=O) groups is 1. The maximum absolute atomic E-state index is 11.2. The number of anilines is 2. The van der Waals surface area contributed by atoms with Gasteiger partial charge in [-0.3, -0.25) is 4.79 Å². The molecule has 0 heterocycles. The number of benzene rings is 1. The Morgan fingerprint density at radius 3 is 2.88 bits per heavy atom. The summed E-state index contributed by atoms with van der Waals surface area (Å²) in [5, 5.41) is 11.2. The lowest BCUT2D eigenvalue weighted by atomic mass is 10.1. The van der Waals surface area contributed by atoms with E-state index in [9.17, 15) is 4.79 Å². The number of hydrogen-bond acceptors (Lipinski definition) is 4. The van der Waals surface area contributed by atoms with Gasteiger partial charge in [-0.25, -0.2) is 0 Å². The van der Waals surface area contributed by atoms with Crippen LogP contribution >= 0.6 is 0 Å². The molecule has 0 aromatic heterocycles. The molecule has 0 fully saturated rings. The van der Waals surface area contributed by atoms with E-state index in [4.69, 9.17) is 11.0 Å². The van der Waals surface area contributed by atoms with E-state index in [1.165, 1.54) is 0 Å². The standard InChI is InChI=1S/C12H16N4O/c1-15-12(17)8-16(2)10-3-4-11(14)9(7-10)5-6-13/h3-4,7H,5,8,14H2,1-2H3,(H,15,17). The highest BCUT2D eigenvalue weighted by Crippen LogP contribution is 2.20. The Labute approximate surface area is 101 Å². The molecule has 0 saturated carbocycles. The van der Waals surface area contributed by atoms with Gasteiger partial charge in [0.05, 0.1) is 19.0 Å². The number of nitriles is 1. The fourth-order valence-electron chi connectivity index (χ4n) is 1.45. The van der Waals surface area contributed by atoms with Crippen LogP contribution in [0.3, 0.4) is 0 Å². The zero-order valence-electron chi connectivity index (χ0n) is 10.0. The van der Waals surface area contributed by atoms with Gasteiger partial charge in [-0.1, -0.05) is 0 Å². The number of amides is 1. The van der Waals surface area contributed by atoms with Crippen molar-refractivity contribution < 1.29 is 4.79 Å². The van der Waals surface area contributed by atoms with Crippen LogP contribution in [-0.2, 0) is 11.2 Å². The largest absolute Gasteiger partial charge is 0.398 e. The van der Waals surface area contributed by atoms with Crippen LogP contribution in [0.2, 0.25) is 0 Å². The summed E-state index contributed by atoms with van der Waals surface area (Å²) < 4.78 is 0. The van der Waals surface area contributed by atoms with Gasteiger partial charge in [0.25, 0.3) is 0 Å². The summed E-state index contributed by atoms with van der Waals surface area (Å²) in [5.74, 6) is -0.0637. The summed E-state index contributed by atoms with van der Waals surface area (Å²) in [6.07, 6.45) is 0.271. The normalized spacial score (nSPS) is 9.47. The molecule has 3 N–H and O–H groups in total. The lowest BCUT2D eigenvalue weighted by Crippen LogP contribution is -2.32. The van der Waals surface area contributed by atoms with Crippen LogP contribution in [0.1, 0.15) is 5.56 Å². The lowest BCUT2D eigenvalue weighted by Gasteiger charge is -2.19. The quantitative estimate of drug-likeness (QED) is 0.741. The summed E-state index contributed by atoms with van der Waals surface area (Å²) in [4.78, 5) is 13.0. The third-order valence-electron chi connectivity index (χ3n) is 2.50. The molecule has 0 atom stereocenters. The van der Waals surface area contributed by atoms with Crippen molar-refractivity contribution in [3.05, 3.63) is 23.8 Å². The molecule has 1 amide bonds. The molecule has 1 aromatic carbocycles.